The van der Waals surface area contributed by atoms with Crippen LogP contribution in [0.1, 0.15) is 49.9 Å². The van der Waals surface area contributed by atoms with Crippen LogP contribution < -0.4 is 0 Å². The molecule has 0 aromatic carbocycles. The molecule has 126 valence electrons. The Morgan fingerprint density at radius 1 is 1.38 bits per heavy atom. The van der Waals surface area contributed by atoms with Crippen LogP contribution in [0.4, 0.5) is 0 Å². The molecule has 0 aliphatic heterocycles. The molecule has 1 aliphatic rings. The van der Waals surface area contributed by atoms with Crippen LogP contribution >= 0.6 is 12.2 Å². The van der Waals surface area contributed by atoms with Crippen LogP contribution in [0, 0.1) is 11.7 Å². The average Bonchev–Trinajstić information content (AvgIpc) is 3.29. The van der Waals surface area contributed by atoms with Gasteiger partial charge in [-0.15, -0.1) is 0 Å². The lowest BCUT2D eigenvalue weighted by molar-refractivity contribution is 0.629. The highest BCUT2D eigenvalue weighted by atomic mass is 32.1. The zero-order valence-electron chi connectivity index (χ0n) is 14.3. The molecule has 0 amide bonds. The molecule has 4 rings (SSSR count). The van der Waals surface area contributed by atoms with Crippen molar-refractivity contribution < 1.29 is 0 Å². The molecule has 0 atom stereocenters. The number of aryl methyl sites for hydroxylation is 2. The quantitative estimate of drug-likeness (QED) is 0.715. The molecule has 6 nitrogen and oxygen atoms in total. The van der Waals surface area contributed by atoms with E-state index in [9.17, 15) is 0 Å². The van der Waals surface area contributed by atoms with Gasteiger partial charge < -0.3 is 4.57 Å². The summed E-state index contributed by atoms with van der Waals surface area (Å²) in [6, 6.07) is 2.20. The van der Waals surface area contributed by atoms with Crippen LogP contribution in [0.5, 0.6) is 0 Å². The summed E-state index contributed by atoms with van der Waals surface area (Å²) in [7, 11) is 1.96. The maximum atomic E-state index is 5.45. The molecule has 0 bridgehead atoms. The van der Waals surface area contributed by atoms with Gasteiger partial charge >= 0.3 is 0 Å². The number of nitrogens with one attached hydrogen (secondary N) is 1. The molecule has 3 aromatic rings. The first-order valence-electron chi connectivity index (χ1n) is 8.60. The third-order valence-corrected chi connectivity index (χ3v) is 5.03. The van der Waals surface area contributed by atoms with E-state index in [0.717, 1.165) is 53.2 Å². The van der Waals surface area contributed by atoms with Crippen LogP contribution in [-0.2, 0) is 13.6 Å². The zero-order chi connectivity index (χ0) is 16.8. The van der Waals surface area contributed by atoms with Gasteiger partial charge in [-0.05, 0) is 44.5 Å². The summed E-state index contributed by atoms with van der Waals surface area (Å²) in [6.07, 6.45) is 4.64. The molecule has 1 aliphatic carbocycles. The summed E-state index contributed by atoms with van der Waals surface area (Å²) in [5.41, 5.74) is 4.16. The van der Waals surface area contributed by atoms with Crippen LogP contribution in [0.2, 0.25) is 0 Å². The van der Waals surface area contributed by atoms with Crippen molar-refractivity contribution in [3.8, 4) is 11.4 Å². The predicted molar refractivity (Wildman–Crippen MR) is 96.5 cm³/mol. The Labute approximate surface area is 145 Å². The van der Waals surface area contributed by atoms with E-state index in [1.54, 1.807) is 0 Å². The lowest BCUT2D eigenvalue weighted by atomic mass is 10.1. The van der Waals surface area contributed by atoms with E-state index < -0.39 is 0 Å². The fraction of sp³-hybridized carbons (Fsp3) is 0.529. The first-order chi connectivity index (χ1) is 11.6. The lowest BCUT2D eigenvalue weighted by Gasteiger charge is -2.09. The number of hydrogen-bond donors (Lipinski definition) is 1. The number of pyridine rings is 1. The standard InChI is InChI=1S/C17H22N6S/c1-4-5-8-23-15(19-20-17(23)24)12-9-13(11-6-7-11)18-16-14(12)10(2)21-22(16)3/h9,11H,4-8H2,1-3H3,(H,20,24). The highest BCUT2D eigenvalue weighted by molar-refractivity contribution is 7.71. The summed E-state index contributed by atoms with van der Waals surface area (Å²) in [5, 5.41) is 13.2. The second-order valence-electron chi connectivity index (χ2n) is 6.63. The van der Waals surface area contributed by atoms with E-state index in [2.05, 4.69) is 32.9 Å². The highest BCUT2D eigenvalue weighted by Gasteiger charge is 2.28. The SMILES string of the molecule is CCCCn1c(-c2cc(C3CC3)nc3c2c(C)nn3C)n[nH]c1=S. The molecule has 0 saturated heterocycles. The number of rotatable bonds is 5. The van der Waals surface area contributed by atoms with Gasteiger partial charge in [0.25, 0.3) is 0 Å². The number of aromatic nitrogens is 6. The van der Waals surface area contributed by atoms with Gasteiger partial charge in [0.2, 0.25) is 0 Å². The van der Waals surface area contributed by atoms with Crippen LogP contribution in [0.25, 0.3) is 22.4 Å². The molecule has 1 fully saturated rings. The van der Waals surface area contributed by atoms with E-state index in [0.29, 0.717) is 10.7 Å². The van der Waals surface area contributed by atoms with E-state index >= 15 is 0 Å². The van der Waals surface area contributed by atoms with Gasteiger partial charge in [0.05, 0.1) is 11.1 Å². The summed E-state index contributed by atoms with van der Waals surface area (Å²) in [6.45, 7) is 5.09. The Morgan fingerprint density at radius 2 is 2.17 bits per heavy atom. The van der Waals surface area contributed by atoms with E-state index in [1.165, 1.54) is 12.8 Å². The smallest absolute Gasteiger partial charge is 0.195 e. The normalized spacial score (nSPS) is 14.6. The van der Waals surface area contributed by atoms with Crippen LogP contribution in [0.15, 0.2) is 6.07 Å². The average molecular weight is 342 g/mol. The Morgan fingerprint density at radius 3 is 2.88 bits per heavy atom. The Kier molecular flexibility index (Phi) is 3.75. The maximum Gasteiger partial charge on any atom is 0.195 e. The number of nitrogens with zero attached hydrogens (tertiary/aromatic N) is 5. The Hall–Kier alpha value is -2.02. The van der Waals surface area contributed by atoms with Crippen LogP contribution in [-0.4, -0.2) is 29.5 Å². The number of aromatic amines is 1. The molecular weight excluding hydrogens is 320 g/mol. The fourth-order valence-electron chi connectivity index (χ4n) is 3.28. The number of H-pyrrole nitrogens is 1. The van der Waals surface area contributed by atoms with Crippen LogP contribution in [0.3, 0.4) is 0 Å². The first kappa shape index (κ1) is 15.5. The molecule has 3 aromatic heterocycles. The second-order valence-corrected chi connectivity index (χ2v) is 7.02. The van der Waals surface area contributed by atoms with Crippen molar-refractivity contribution >= 4 is 23.3 Å². The molecule has 7 heteroatoms. The monoisotopic (exact) mass is 342 g/mol. The molecule has 0 radical (unpaired) electrons. The highest BCUT2D eigenvalue weighted by Crippen LogP contribution is 2.42. The van der Waals surface area contributed by atoms with Crippen molar-refractivity contribution in [3.05, 3.63) is 22.2 Å². The summed E-state index contributed by atoms with van der Waals surface area (Å²) in [5.74, 6) is 1.48. The summed E-state index contributed by atoms with van der Waals surface area (Å²) >= 11 is 5.45. The van der Waals surface area contributed by atoms with Gasteiger partial charge in [-0.3, -0.25) is 9.78 Å². The molecule has 1 saturated carbocycles. The van der Waals surface area contributed by atoms with Gasteiger partial charge in [0.1, 0.15) is 0 Å². The first-order valence-corrected chi connectivity index (χ1v) is 9.00. The zero-order valence-corrected chi connectivity index (χ0v) is 15.2. The minimum atomic E-state index is 0.578. The van der Waals surface area contributed by atoms with Crippen molar-refractivity contribution in [3.63, 3.8) is 0 Å². The van der Waals surface area contributed by atoms with Gasteiger partial charge in [-0.1, -0.05) is 13.3 Å². The minimum Gasteiger partial charge on any atom is -0.300 e. The number of hydrogen-bond acceptors (Lipinski definition) is 4. The van der Waals surface area contributed by atoms with Crippen molar-refractivity contribution in [2.24, 2.45) is 7.05 Å². The van der Waals surface area contributed by atoms with Gasteiger partial charge in [0, 0.05) is 30.8 Å². The third-order valence-electron chi connectivity index (χ3n) is 4.72. The fourth-order valence-corrected chi connectivity index (χ4v) is 3.50. The van der Waals surface area contributed by atoms with Gasteiger partial charge in [-0.2, -0.15) is 10.2 Å². The molecule has 1 N–H and O–H groups in total. The molecule has 0 spiro atoms. The predicted octanol–water partition coefficient (Wildman–Crippen LogP) is 3.88. The van der Waals surface area contributed by atoms with Crippen molar-refractivity contribution in [2.45, 2.75) is 52.0 Å². The molecular formula is C17H22N6S. The van der Waals surface area contributed by atoms with Gasteiger partial charge in [0.15, 0.2) is 16.2 Å². The topological polar surface area (TPSA) is 64.3 Å². The summed E-state index contributed by atoms with van der Waals surface area (Å²) in [4.78, 5) is 4.87. The molecule has 3 heterocycles. The largest absolute Gasteiger partial charge is 0.300 e. The second kappa shape index (κ2) is 5.81. The lowest BCUT2D eigenvalue weighted by Crippen LogP contribution is -2.03. The Balaban J connectivity index is 1.97. The molecule has 24 heavy (non-hydrogen) atoms. The Bertz CT molecular complexity index is 960. The van der Waals surface area contributed by atoms with Gasteiger partial charge in [-0.25, -0.2) is 4.98 Å². The van der Waals surface area contributed by atoms with Crippen molar-refractivity contribution in [1.82, 2.24) is 29.5 Å². The van der Waals surface area contributed by atoms with E-state index in [4.69, 9.17) is 17.2 Å². The maximum absolute atomic E-state index is 5.45. The minimum absolute atomic E-state index is 0.578. The van der Waals surface area contributed by atoms with E-state index in [-0.39, 0.29) is 0 Å². The molecule has 0 unspecified atom stereocenters. The summed E-state index contributed by atoms with van der Waals surface area (Å²) < 4.78 is 4.66. The van der Waals surface area contributed by atoms with E-state index in [1.807, 2.05) is 18.7 Å². The van der Waals surface area contributed by atoms with Crippen molar-refractivity contribution in [2.75, 3.05) is 0 Å². The third kappa shape index (κ3) is 2.47. The number of fused-ring (bicyclic) bond motifs is 1. The number of unbranched alkanes of at least 4 members (excludes halogenated alkanes) is 1. The van der Waals surface area contributed by atoms with Crippen molar-refractivity contribution in [1.29, 1.82) is 0 Å².